The van der Waals surface area contributed by atoms with Crippen LogP contribution in [0.5, 0.6) is 0 Å². The lowest BCUT2D eigenvalue weighted by atomic mass is 10.1. The zero-order valence-electron chi connectivity index (χ0n) is 18.9. The van der Waals surface area contributed by atoms with Gasteiger partial charge in [0.1, 0.15) is 0 Å². The quantitative estimate of drug-likeness (QED) is 0.343. The van der Waals surface area contributed by atoms with Crippen molar-refractivity contribution in [2.45, 2.75) is 91.3 Å². The first-order chi connectivity index (χ1) is 14.2. The summed E-state index contributed by atoms with van der Waals surface area (Å²) in [5.74, 6) is 0. The molecule has 0 fully saturated rings. The second kappa shape index (κ2) is 13.0. The van der Waals surface area contributed by atoms with E-state index in [1.165, 1.54) is 10.4 Å². The van der Waals surface area contributed by atoms with Crippen molar-refractivity contribution in [1.82, 2.24) is 0 Å². The second-order valence-corrected chi connectivity index (χ2v) is 10.8. The fourth-order valence-electron chi connectivity index (χ4n) is 4.06. The molecule has 160 valence electrons. The molecule has 0 aliphatic heterocycles. The van der Waals surface area contributed by atoms with Crippen LogP contribution in [0.25, 0.3) is 0 Å². The molecular weight excluding hydrogens is 372 g/mol. The molecule has 2 aromatic carbocycles. The minimum Gasteiger partial charge on any atom is -0.385 e. The maximum atomic E-state index is 7.13. The standard InChI is InChI=1S/C26H40O2Si/c1-5-15-23(16-6-2)27-29(25-19-11-9-12-20-25,26-21-13-10-14-22-26)28-24(17-7-3)18-8-4/h9-14,19-24H,5-8,15-18H2,1-4H3. The number of hydrogen-bond donors (Lipinski definition) is 0. The summed E-state index contributed by atoms with van der Waals surface area (Å²) in [4.78, 5) is 0. The largest absolute Gasteiger partial charge is 0.407 e. The smallest absolute Gasteiger partial charge is 0.385 e. The molecule has 0 N–H and O–H groups in total. The van der Waals surface area contributed by atoms with Crippen molar-refractivity contribution in [3.63, 3.8) is 0 Å². The maximum Gasteiger partial charge on any atom is 0.407 e. The van der Waals surface area contributed by atoms with Gasteiger partial charge in [-0.25, -0.2) is 0 Å². The summed E-state index contributed by atoms with van der Waals surface area (Å²) >= 11 is 0. The van der Waals surface area contributed by atoms with Crippen molar-refractivity contribution in [3.8, 4) is 0 Å². The van der Waals surface area contributed by atoms with E-state index in [-0.39, 0.29) is 12.2 Å². The second-order valence-electron chi connectivity index (χ2n) is 7.98. The Morgan fingerprint density at radius 3 is 1.14 bits per heavy atom. The Labute approximate surface area is 179 Å². The third-order valence-corrected chi connectivity index (χ3v) is 8.93. The third kappa shape index (κ3) is 6.80. The van der Waals surface area contributed by atoms with Crippen molar-refractivity contribution in [2.75, 3.05) is 0 Å². The summed E-state index contributed by atoms with van der Waals surface area (Å²) < 4.78 is 14.3. The van der Waals surface area contributed by atoms with Gasteiger partial charge in [0.25, 0.3) is 0 Å². The van der Waals surface area contributed by atoms with Crippen molar-refractivity contribution in [3.05, 3.63) is 60.7 Å². The molecular formula is C26H40O2Si. The molecule has 0 aliphatic rings. The van der Waals surface area contributed by atoms with Gasteiger partial charge in [-0.05, 0) is 36.1 Å². The summed E-state index contributed by atoms with van der Waals surface area (Å²) in [7, 11) is -2.82. The van der Waals surface area contributed by atoms with E-state index >= 15 is 0 Å². The van der Waals surface area contributed by atoms with Crippen LogP contribution in [-0.2, 0) is 8.85 Å². The van der Waals surface area contributed by atoms with Gasteiger partial charge in [-0.2, -0.15) is 0 Å². The van der Waals surface area contributed by atoms with Gasteiger partial charge in [-0.3, -0.25) is 0 Å². The Morgan fingerprint density at radius 1 is 0.552 bits per heavy atom. The van der Waals surface area contributed by atoms with E-state index in [0.717, 1.165) is 51.4 Å². The topological polar surface area (TPSA) is 18.5 Å². The van der Waals surface area contributed by atoms with Crippen LogP contribution in [-0.4, -0.2) is 20.8 Å². The summed E-state index contributed by atoms with van der Waals surface area (Å²) in [5, 5.41) is 2.45. The molecule has 2 nitrogen and oxygen atoms in total. The van der Waals surface area contributed by atoms with Gasteiger partial charge in [0.05, 0.1) is 0 Å². The molecule has 0 aliphatic carbocycles. The average Bonchev–Trinajstić information content (AvgIpc) is 2.75. The monoisotopic (exact) mass is 412 g/mol. The lowest BCUT2D eigenvalue weighted by Crippen LogP contribution is -2.66. The molecule has 0 aromatic heterocycles. The van der Waals surface area contributed by atoms with Crippen LogP contribution in [0, 0.1) is 0 Å². The fourth-order valence-corrected chi connectivity index (χ4v) is 7.67. The zero-order valence-corrected chi connectivity index (χ0v) is 19.9. The number of hydrogen-bond acceptors (Lipinski definition) is 2. The fraction of sp³-hybridized carbons (Fsp3) is 0.538. The molecule has 0 amide bonds. The summed E-state index contributed by atoms with van der Waals surface area (Å²) in [6.07, 6.45) is 9.32. The molecule has 29 heavy (non-hydrogen) atoms. The predicted octanol–water partition coefficient (Wildman–Crippen LogP) is 6.21. The van der Waals surface area contributed by atoms with Crippen molar-refractivity contribution < 1.29 is 8.85 Å². The van der Waals surface area contributed by atoms with E-state index in [0.29, 0.717) is 0 Å². The molecule has 0 unspecified atom stereocenters. The number of rotatable bonds is 14. The maximum absolute atomic E-state index is 7.13. The summed E-state index contributed by atoms with van der Waals surface area (Å²) in [5.41, 5.74) is 0. The van der Waals surface area contributed by atoms with E-state index in [1.807, 2.05) is 0 Å². The van der Waals surface area contributed by atoms with Gasteiger partial charge >= 0.3 is 8.56 Å². The van der Waals surface area contributed by atoms with E-state index in [2.05, 4.69) is 88.4 Å². The minimum absolute atomic E-state index is 0.237. The normalized spacial score (nSPS) is 12.1. The van der Waals surface area contributed by atoms with Crippen molar-refractivity contribution in [2.24, 2.45) is 0 Å². The van der Waals surface area contributed by atoms with E-state index < -0.39 is 8.56 Å². The molecule has 0 saturated heterocycles. The van der Waals surface area contributed by atoms with Gasteiger partial charge in [-0.15, -0.1) is 0 Å². The highest BCUT2D eigenvalue weighted by Gasteiger charge is 2.46. The minimum atomic E-state index is -2.82. The van der Waals surface area contributed by atoms with Crippen LogP contribution in [0.3, 0.4) is 0 Å². The van der Waals surface area contributed by atoms with Gasteiger partial charge in [-0.1, -0.05) is 114 Å². The van der Waals surface area contributed by atoms with Crippen LogP contribution in [0.4, 0.5) is 0 Å². The third-order valence-electron chi connectivity index (χ3n) is 5.42. The highest BCUT2D eigenvalue weighted by molar-refractivity contribution is 6.92. The zero-order chi connectivity index (χ0) is 21.0. The van der Waals surface area contributed by atoms with Crippen molar-refractivity contribution in [1.29, 1.82) is 0 Å². The highest BCUT2D eigenvalue weighted by atomic mass is 28.4. The molecule has 0 saturated carbocycles. The summed E-state index contributed by atoms with van der Waals surface area (Å²) in [6.45, 7) is 8.99. The summed E-state index contributed by atoms with van der Waals surface area (Å²) in [6, 6.07) is 21.5. The lowest BCUT2D eigenvalue weighted by molar-refractivity contribution is 0.0774. The average molecular weight is 413 g/mol. The molecule has 0 heterocycles. The first-order valence-electron chi connectivity index (χ1n) is 11.7. The molecule has 3 heteroatoms. The Balaban J connectivity index is 2.57. The van der Waals surface area contributed by atoms with Crippen LogP contribution in [0.15, 0.2) is 60.7 Å². The molecule has 0 spiro atoms. The molecule has 2 aromatic rings. The SMILES string of the molecule is CCCC(CCC)O[Si](OC(CCC)CCC)(c1ccccc1)c1ccccc1. The Hall–Kier alpha value is -1.42. The predicted molar refractivity (Wildman–Crippen MR) is 127 cm³/mol. The molecule has 0 bridgehead atoms. The van der Waals surface area contributed by atoms with Gasteiger partial charge in [0.2, 0.25) is 0 Å². The Morgan fingerprint density at radius 2 is 0.862 bits per heavy atom. The van der Waals surface area contributed by atoms with E-state index in [1.54, 1.807) is 0 Å². The van der Waals surface area contributed by atoms with Crippen LogP contribution in [0.2, 0.25) is 0 Å². The molecule has 2 rings (SSSR count). The van der Waals surface area contributed by atoms with Crippen LogP contribution < -0.4 is 10.4 Å². The van der Waals surface area contributed by atoms with Crippen LogP contribution >= 0.6 is 0 Å². The number of benzene rings is 2. The lowest BCUT2D eigenvalue weighted by Gasteiger charge is -2.38. The first-order valence-corrected chi connectivity index (χ1v) is 13.5. The molecule has 0 atom stereocenters. The first kappa shape index (κ1) is 23.9. The molecule has 0 radical (unpaired) electrons. The highest BCUT2D eigenvalue weighted by Crippen LogP contribution is 2.23. The Kier molecular flexibility index (Phi) is 10.7. The van der Waals surface area contributed by atoms with E-state index in [4.69, 9.17) is 8.85 Å². The van der Waals surface area contributed by atoms with Gasteiger partial charge in [0, 0.05) is 12.2 Å². The van der Waals surface area contributed by atoms with Crippen molar-refractivity contribution >= 4 is 18.9 Å². The van der Waals surface area contributed by atoms with Crippen LogP contribution in [0.1, 0.15) is 79.1 Å². The van der Waals surface area contributed by atoms with E-state index in [9.17, 15) is 0 Å². The Bertz CT molecular complexity index is 587. The van der Waals surface area contributed by atoms with Gasteiger partial charge in [0.15, 0.2) is 0 Å². The van der Waals surface area contributed by atoms with Gasteiger partial charge < -0.3 is 8.85 Å².